The number of nitrogens with zero attached hydrogens (tertiary/aromatic N) is 1. The number of amides is 1. The Morgan fingerprint density at radius 3 is 2.65 bits per heavy atom. The van der Waals surface area contributed by atoms with Gasteiger partial charge in [0, 0.05) is 13.0 Å². The van der Waals surface area contributed by atoms with E-state index in [-0.39, 0.29) is 30.0 Å². The molecule has 0 spiro atoms. The van der Waals surface area contributed by atoms with Gasteiger partial charge in [-0.05, 0) is 12.1 Å². The average Bonchev–Trinajstić information content (AvgIpc) is 2.30. The van der Waals surface area contributed by atoms with E-state index in [4.69, 9.17) is 4.74 Å². The zero-order chi connectivity index (χ0) is 12.8. The van der Waals surface area contributed by atoms with Crippen LogP contribution in [0.1, 0.15) is 13.8 Å². The molecule has 0 unspecified atom stereocenters. The molecule has 3 nitrogen and oxygen atoms in total. The zero-order valence-corrected chi connectivity index (χ0v) is 10.4. The van der Waals surface area contributed by atoms with Gasteiger partial charge in [0.1, 0.15) is 6.61 Å². The molecule has 17 heavy (non-hydrogen) atoms. The molecule has 1 rings (SSSR count). The molecule has 0 fully saturated rings. The Morgan fingerprint density at radius 1 is 1.41 bits per heavy atom. The molecule has 0 N–H and O–H groups in total. The molecule has 0 aliphatic carbocycles. The van der Waals surface area contributed by atoms with Gasteiger partial charge in [0.15, 0.2) is 11.6 Å². The van der Waals surface area contributed by atoms with E-state index < -0.39 is 0 Å². The topological polar surface area (TPSA) is 29.5 Å². The molecule has 4 heteroatoms. The molecule has 0 atom stereocenters. The predicted octanol–water partition coefficient (Wildman–Crippen LogP) is 2.32. The number of hydrogen-bond acceptors (Lipinski definition) is 2. The summed E-state index contributed by atoms with van der Waals surface area (Å²) in [4.78, 5) is 13.1. The maximum absolute atomic E-state index is 13.2. The number of ether oxygens (including phenoxy) is 1. The highest BCUT2D eigenvalue weighted by molar-refractivity contribution is 5.77. The minimum absolute atomic E-state index is 0.0338. The van der Waals surface area contributed by atoms with Gasteiger partial charge in [0.25, 0.3) is 0 Å². The fourth-order valence-corrected chi connectivity index (χ4v) is 1.41. The second-order valence-electron chi connectivity index (χ2n) is 4.19. The van der Waals surface area contributed by atoms with Crippen LogP contribution in [-0.2, 0) is 4.79 Å². The molecule has 0 radical (unpaired) electrons. The van der Waals surface area contributed by atoms with Gasteiger partial charge < -0.3 is 9.64 Å². The van der Waals surface area contributed by atoms with E-state index in [1.807, 2.05) is 13.8 Å². The standard InChI is InChI=1S/C13H18FNO2/c1-10(2)13(16)15(3)8-9-17-12-7-5-4-6-11(12)14/h4-7,10H,8-9H2,1-3H3. The highest BCUT2D eigenvalue weighted by atomic mass is 19.1. The molecule has 0 saturated heterocycles. The number of rotatable bonds is 5. The van der Waals surface area contributed by atoms with E-state index >= 15 is 0 Å². The van der Waals surface area contributed by atoms with Gasteiger partial charge in [0.2, 0.25) is 5.91 Å². The van der Waals surface area contributed by atoms with Gasteiger partial charge in [-0.2, -0.15) is 0 Å². The van der Waals surface area contributed by atoms with E-state index in [1.54, 1.807) is 30.1 Å². The third kappa shape index (κ3) is 4.06. The summed E-state index contributed by atoms with van der Waals surface area (Å²) in [5.74, 6) is -0.140. The highest BCUT2D eigenvalue weighted by Crippen LogP contribution is 2.15. The van der Waals surface area contributed by atoms with Crippen molar-refractivity contribution in [3.63, 3.8) is 0 Å². The minimum Gasteiger partial charge on any atom is -0.489 e. The Hall–Kier alpha value is -1.58. The first-order valence-electron chi connectivity index (χ1n) is 5.64. The number of carbonyl (C=O) groups is 1. The van der Waals surface area contributed by atoms with Crippen molar-refractivity contribution >= 4 is 5.91 Å². The van der Waals surface area contributed by atoms with Gasteiger partial charge >= 0.3 is 0 Å². The van der Waals surface area contributed by atoms with Gasteiger partial charge in [-0.3, -0.25) is 4.79 Å². The number of benzene rings is 1. The van der Waals surface area contributed by atoms with E-state index in [2.05, 4.69) is 0 Å². The summed E-state index contributed by atoms with van der Waals surface area (Å²) in [6, 6.07) is 6.23. The Labute approximate surface area is 101 Å². The Morgan fingerprint density at radius 2 is 2.06 bits per heavy atom. The third-order valence-electron chi connectivity index (χ3n) is 2.39. The van der Waals surface area contributed by atoms with E-state index in [0.29, 0.717) is 6.54 Å². The lowest BCUT2D eigenvalue weighted by Gasteiger charge is -2.19. The van der Waals surface area contributed by atoms with Crippen molar-refractivity contribution in [2.45, 2.75) is 13.8 Å². The van der Waals surface area contributed by atoms with Crippen LogP contribution in [0.25, 0.3) is 0 Å². The fourth-order valence-electron chi connectivity index (χ4n) is 1.41. The molecular formula is C13H18FNO2. The summed E-state index contributed by atoms with van der Waals surface area (Å²) in [7, 11) is 1.72. The number of hydrogen-bond donors (Lipinski definition) is 0. The molecule has 0 bridgehead atoms. The summed E-state index contributed by atoms with van der Waals surface area (Å²) in [5, 5.41) is 0. The molecule has 1 aromatic rings. The minimum atomic E-state index is -0.384. The fraction of sp³-hybridized carbons (Fsp3) is 0.462. The van der Waals surface area contributed by atoms with Gasteiger partial charge in [-0.15, -0.1) is 0 Å². The van der Waals surface area contributed by atoms with Crippen LogP contribution in [0.5, 0.6) is 5.75 Å². The smallest absolute Gasteiger partial charge is 0.224 e. The largest absolute Gasteiger partial charge is 0.489 e. The highest BCUT2D eigenvalue weighted by Gasteiger charge is 2.12. The van der Waals surface area contributed by atoms with Gasteiger partial charge in [-0.1, -0.05) is 26.0 Å². The molecule has 0 aromatic heterocycles. The van der Waals surface area contributed by atoms with Crippen molar-refractivity contribution in [1.29, 1.82) is 0 Å². The normalized spacial score (nSPS) is 10.4. The van der Waals surface area contributed by atoms with Gasteiger partial charge in [-0.25, -0.2) is 4.39 Å². The van der Waals surface area contributed by atoms with E-state index in [0.717, 1.165) is 0 Å². The Kier molecular flexibility index (Phi) is 4.94. The monoisotopic (exact) mass is 239 g/mol. The number of carbonyl (C=O) groups excluding carboxylic acids is 1. The van der Waals surface area contributed by atoms with Crippen molar-refractivity contribution < 1.29 is 13.9 Å². The summed E-state index contributed by atoms with van der Waals surface area (Å²) in [6.45, 7) is 4.42. The summed E-state index contributed by atoms with van der Waals surface area (Å²) < 4.78 is 18.5. The molecule has 0 aliphatic rings. The van der Waals surface area contributed by atoms with Crippen molar-refractivity contribution in [3.8, 4) is 5.75 Å². The van der Waals surface area contributed by atoms with E-state index in [1.165, 1.54) is 6.07 Å². The summed E-state index contributed by atoms with van der Waals surface area (Å²) in [6.07, 6.45) is 0. The van der Waals surface area contributed by atoms with Crippen molar-refractivity contribution in [2.24, 2.45) is 5.92 Å². The number of likely N-dealkylation sites (N-methyl/N-ethyl adjacent to an activating group) is 1. The lowest BCUT2D eigenvalue weighted by molar-refractivity contribution is -0.133. The van der Waals surface area contributed by atoms with Gasteiger partial charge in [0.05, 0.1) is 6.54 Å². The second kappa shape index (κ2) is 6.23. The van der Waals surface area contributed by atoms with Crippen LogP contribution >= 0.6 is 0 Å². The molecule has 0 heterocycles. The number of halogens is 1. The Balaban J connectivity index is 2.38. The molecule has 0 saturated carbocycles. The zero-order valence-electron chi connectivity index (χ0n) is 10.4. The second-order valence-corrected chi connectivity index (χ2v) is 4.19. The van der Waals surface area contributed by atoms with Crippen molar-refractivity contribution in [3.05, 3.63) is 30.1 Å². The van der Waals surface area contributed by atoms with Crippen LogP contribution < -0.4 is 4.74 Å². The van der Waals surface area contributed by atoms with Crippen LogP contribution in [0.4, 0.5) is 4.39 Å². The van der Waals surface area contributed by atoms with Crippen LogP contribution in [0, 0.1) is 11.7 Å². The Bertz CT molecular complexity index is 379. The maximum Gasteiger partial charge on any atom is 0.224 e. The van der Waals surface area contributed by atoms with Crippen LogP contribution in [0.3, 0.4) is 0 Å². The predicted molar refractivity (Wildman–Crippen MR) is 64.4 cm³/mol. The van der Waals surface area contributed by atoms with Crippen LogP contribution in [-0.4, -0.2) is 31.0 Å². The molecule has 94 valence electrons. The van der Waals surface area contributed by atoms with E-state index in [9.17, 15) is 9.18 Å². The van der Waals surface area contributed by atoms with Crippen LogP contribution in [0.2, 0.25) is 0 Å². The third-order valence-corrected chi connectivity index (χ3v) is 2.39. The quantitative estimate of drug-likeness (QED) is 0.789. The summed E-state index contributed by atoms with van der Waals surface area (Å²) >= 11 is 0. The first-order valence-corrected chi connectivity index (χ1v) is 5.64. The van der Waals surface area contributed by atoms with Crippen LogP contribution in [0.15, 0.2) is 24.3 Å². The summed E-state index contributed by atoms with van der Waals surface area (Å²) in [5.41, 5.74) is 0. The number of para-hydroxylation sites is 1. The lowest BCUT2D eigenvalue weighted by atomic mass is 10.2. The molecule has 1 aromatic carbocycles. The first-order chi connectivity index (χ1) is 8.02. The molecular weight excluding hydrogens is 221 g/mol. The van der Waals surface area contributed by atoms with Crippen molar-refractivity contribution in [1.82, 2.24) is 4.90 Å². The first kappa shape index (κ1) is 13.5. The molecule has 0 aliphatic heterocycles. The SMILES string of the molecule is CC(C)C(=O)N(C)CCOc1ccccc1F. The maximum atomic E-state index is 13.2. The lowest BCUT2D eigenvalue weighted by Crippen LogP contribution is -2.33. The van der Waals surface area contributed by atoms with Crippen molar-refractivity contribution in [2.75, 3.05) is 20.2 Å². The average molecular weight is 239 g/mol. The molecule has 1 amide bonds.